The Hall–Kier alpha value is -1.02. The largest absolute Gasteiger partial charge is 0.379 e. The van der Waals surface area contributed by atoms with E-state index in [4.69, 9.17) is 10.5 Å². The number of aromatic nitrogens is 1. The molecular weight excluding hydrogens is 276 g/mol. The van der Waals surface area contributed by atoms with Crippen molar-refractivity contribution < 1.29 is 9.53 Å². The van der Waals surface area contributed by atoms with E-state index in [1.807, 2.05) is 0 Å². The summed E-state index contributed by atoms with van der Waals surface area (Å²) in [7, 11) is 0. The van der Waals surface area contributed by atoms with E-state index in [9.17, 15) is 4.79 Å². The monoisotopic (exact) mass is 298 g/mol. The molecule has 2 rings (SSSR count). The number of hydrogen-bond acceptors (Lipinski definition) is 6. The number of amides is 1. The van der Waals surface area contributed by atoms with Gasteiger partial charge in [-0.15, -0.1) is 11.3 Å². The maximum absolute atomic E-state index is 11.8. The number of thiazole rings is 1. The zero-order valence-electron chi connectivity index (χ0n) is 11.6. The summed E-state index contributed by atoms with van der Waals surface area (Å²) in [6.07, 6.45) is 2.07. The summed E-state index contributed by atoms with van der Waals surface area (Å²) >= 11 is 1.42. The number of unbranched alkanes of at least 4 members (excludes halogenated alkanes) is 1. The Balaban J connectivity index is 1.57. The van der Waals surface area contributed by atoms with E-state index in [0.29, 0.717) is 18.8 Å². The van der Waals surface area contributed by atoms with Gasteiger partial charge in [-0.1, -0.05) is 0 Å². The molecule has 1 aromatic rings. The third kappa shape index (κ3) is 4.82. The number of carbonyl (C=O) groups excluding carboxylic acids is 1. The molecule has 20 heavy (non-hydrogen) atoms. The molecule has 0 unspecified atom stereocenters. The van der Waals surface area contributed by atoms with Gasteiger partial charge in [-0.05, 0) is 19.4 Å². The van der Waals surface area contributed by atoms with E-state index in [2.05, 4.69) is 15.2 Å². The smallest absolute Gasteiger partial charge is 0.270 e. The molecule has 1 fully saturated rings. The van der Waals surface area contributed by atoms with E-state index in [0.717, 1.165) is 50.7 Å². The third-order valence-corrected chi connectivity index (χ3v) is 4.12. The van der Waals surface area contributed by atoms with E-state index >= 15 is 0 Å². The SMILES string of the molecule is NCc1nc(C(=O)NCCCCN2CCOCC2)cs1. The Morgan fingerprint density at radius 1 is 1.45 bits per heavy atom. The Labute approximate surface area is 123 Å². The van der Waals surface area contributed by atoms with E-state index in [-0.39, 0.29) is 5.91 Å². The zero-order valence-corrected chi connectivity index (χ0v) is 12.5. The van der Waals surface area contributed by atoms with Gasteiger partial charge in [-0.2, -0.15) is 0 Å². The van der Waals surface area contributed by atoms with Gasteiger partial charge in [0.05, 0.1) is 13.2 Å². The molecule has 1 amide bonds. The van der Waals surface area contributed by atoms with E-state index in [1.165, 1.54) is 11.3 Å². The first-order valence-electron chi connectivity index (χ1n) is 7.02. The van der Waals surface area contributed by atoms with Gasteiger partial charge in [0.2, 0.25) is 0 Å². The van der Waals surface area contributed by atoms with Crippen LogP contribution in [0.3, 0.4) is 0 Å². The molecule has 7 heteroatoms. The molecule has 0 aromatic carbocycles. The van der Waals surface area contributed by atoms with Crippen LogP contribution < -0.4 is 11.1 Å². The lowest BCUT2D eigenvalue weighted by atomic mass is 10.2. The van der Waals surface area contributed by atoms with Crippen molar-refractivity contribution in [3.8, 4) is 0 Å². The van der Waals surface area contributed by atoms with Crippen LogP contribution >= 0.6 is 11.3 Å². The molecule has 0 bridgehead atoms. The number of hydrogen-bond donors (Lipinski definition) is 2. The summed E-state index contributed by atoms with van der Waals surface area (Å²) in [5, 5.41) is 5.44. The van der Waals surface area contributed by atoms with Crippen LogP contribution in [0.2, 0.25) is 0 Å². The van der Waals surface area contributed by atoms with Gasteiger partial charge in [-0.25, -0.2) is 4.98 Å². The average Bonchev–Trinajstić information content (AvgIpc) is 2.97. The van der Waals surface area contributed by atoms with Gasteiger partial charge in [0.15, 0.2) is 0 Å². The lowest BCUT2D eigenvalue weighted by Crippen LogP contribution is -2.37. The number of morpholine rings is 1. The minimum absolute atomic E-state index is 0.104. The van der Waals surface area contributed by atoms with Gasteiger partial charge in [0.25, 0.3) is 5.91 Å². The number of nitrogens with one attached hydrogen (secondary N) is 1. The molecule has 0 radical (unpaired) electrons. The van der Waals surface area contributed by atoms with Crippen molar-refractivity contribution in [2.45, 2.75) is 19.4 Å². The molecule has 1 aromatic heterocycles. The zero-order chi connectivity index (χ0) is 14.2. The van der Waals surface area contributed by atoms with Crippen molar-refractivity contribution >= 4 is 17.2 Å². The number of ether oxygens (including phenoxy) is 1. The molecule has 1 aliphatic rings. The Morgan fingerprint density at radius 2 is 2.25 bits per heavy atom. The molecule has 0 aliphatic carbocycles. The molecule has 1 saturated heterocycles. The molecular formula is C13H22N4O2S. The van der Waals surface area contributed by atoms with Gasteiger partial charge in [-0.3, -0.25) is 9.69 Å². The minimum atomic E-state index is -0.104. The number of nitrogens with zero attached hydrogens (tertiary/aromatic N) is 2. The molecule has 112 valence electrons. The normalized spacial score (nSPS) is 16.2. The third-order valence-electron chi connectivity index (χ3n) is 3.25. The molecule has 2 heterocycles. The summed E-state index contributed by atoms with van der Waals surface area (Å²) in [5.41, 5.74) is 5.95. The fourth-order valence-corrected chi connectivity index (χ4v) is 2.74. The van der Waals surface area contributed by atoms with Gasteiger partial charge in [0, 0.05) is 31.6 Å². The Morgan fingerprint density at radius 3 is 2.95 bits per heavy atom. The van der Waals surface area contributed by atoms with Crippen molar-refractivity contribution in [1.29, 1.82) is 0 Å². The highest BCUT2D eigenvalue weighted by molar-refractivity contribution is 7.09. The fraction of sp³-hybridized carbons (Fsp3) is 0.692. The number of rotatable bonds is 7. The van der Waals surface area contributed by atoms with Crippen LogP contribution in [-0.2, 0) is 11.3 Å². The van der Waals surface area contributed by atoms with Crippen molar-refractivity contribution in [3.05, 3.63) is 16.1 Å². The summed E-state index contributed by atoms with van der Waals surface area (Å²) in [5.74, 6) is -0.104. The van der Waals surface area contributed by atoms with Crippen molar-refractivity contribution in [3.63, 3.8) is 0 Å². The maximum Gasteiger partial charge on any atom is 0.270 e. The van der Waals surface area contributed by atoms with Crippen molar-refractivity contribution in [1.82, 2.24) is 15.2 Å². The summed E-state index contributed by atoms with van der Waals surface area (Å²) in [6, 6.07) is 0. The molecule has 0 atom stereocenters. The van der Waals surface area contributed by atoms with E-state index in [1.54, 1.807) is 5.38 Å². The molecule has 3 N–H and O–H groups in total. The molecule has 6 nitrogen and oxygen atoms in total. The highest BCUT2D eigenvalue weighted by Crippen LogP contribution is 2.08. The Bertz CT molecular complexity index is 418. The quantitative estimate of drug-likeness (QED) is 0.714. The van der Waals surface area contributed by atoms with Crippen LogP contribution in [0.25, 0.3) is 0 Å². The number of nitrogens with two attached hydrogens (primary N) is 1. The van der Waals surface area contributed by atoms with Crippen LogP contribution in [-0.4, -0.2) is 55.2 Å². The number of carbonyl (C=O) groups is 1. The second kappa shape index (κ2) is 8.31. The van der Waals surface area contributed by atoms with Crippen LogP contribution in [0.1, 0.15) is 28.3 Å². The van der Waals surface area contributed by atoms with Gasteiger partial charge < -0.3 is 15.8 Å². The van der Waals surface area contributed by atoms with Crippen molar-refractivity contribution in [2.75, 3.05) is 39.4 Å². The first-order valence-corrected chi connectivity index (χ1v) is 7.90. The molecule has 0 saturated carbocycles. The minimum Gasteiger partial charge on any atom is -0.379 e. The first-order chi connectivity index (χ1) is 9.79. The van der Waals surface area contributed by atoms with Crippen LogP contribution in [0, 0.1) is 0 Å². The summed E-state index contributed by atoms with van der Waals surface area (Å²) in [4.78, 5) is 18.4. The van der Waals surface area contributed by atoms with Crippen molar-refractivity contribution in [2.24, 2.45) is 5.73 Å². The highest BCUT2D eigenvalue weighted by atomic mass is 32.1. The molecule has 0 spiro atoms. The fourth-order valence-electron chi connectivity index (χ4n) is 2.09. The predicted molar refractivity (Wildman–Crippen MR) is 78.8 cm³/mol. The summed E-state index contributed by atoms with van der Waals surface area (Å²) < 4.78 is 5.31. The summed E-state index contributed by atoms with van der Waals surface area (Å²) in [6.45, 7) is 5.87. The molecule has 1 aliphatic heterocycles. The van der Waals surface area contributed by atoms with Gasteiger partial charge >= 0.3 is 0 Å². The first kappa shape index (κ1) is 15.4. The highest BCUT2D eigenvalue weighted by Gasteiger charge is 2.11. The second-order valence-corrected chi connectivity index (χ2v) is 5.69. The predicted octanol–water partition coefficient (Wildman–Crippen LogP) is 0.444. The van der Waals surface area contributed by atoms with Crippen LogP contribution in [0.4, 0.5) is 0 Å². The average molecular weight is 298 g/mol. The maximum atomic E-state index is 11.8. The topological polar surface area (TPSA) is 80.5 Å². The Kier molecular flexibility index (Phi) is 6.38. The van der Waals surface area contributed by atoms with Crippen LogP contribution in [0.15, 0.2) is 5.38 Å². The second-order valence-electron chi connectivity index (χ2n) is 4.75. The van der Waals surface area contributed by atoms with Crippen LogP contribution in [0.5, 0.6) is 0 Å². The van der Waals surface area contributed by atoms with E-state index < -0.39 is 0 Å². The lowest BCUT2D eigenvalue weighted by Gasteiger charge is -2.26. The van der Waals surface area contributed by atoms with Gasteiger partial charge in [0.1, 0.15) is 10.7 Å². The lowest BCUT2D eigenvalue weighted by molar-refractivity contribution is 0.0372. The standard InChI is InChI=1S/C13H22N4O2S/c14-9-12-16-11(10-20-12)13(18)15-3-1-2-4-17-5-7-19-8-6-17/h10H,1-9,14H2,(H,15,18).